The highest BCUT2D eigenvalue weighted by molar-refractivity contribution is 6.28. The summed E-state index contributed by atoms with van der Waals surface area (Å²) in [5, 5.41) is 23.5. The summed E-state index contributed by atoms with van der Waals surface area (Å²) in [4.78, 5) is 92.7. The van der Waals surface area contributed by atoms with Gasteiger partial charge in [-0.2, -0.15) is 0 Å². The zero-order valence-electron chi connectivity index (χ0n) is 22.2. The van der Waals surface area contributed by atoms with Gasteiger partial charge >= 0.3 is 5.97 Å². The summed E-state index contributed by atoms with van der Waals surface area (Å²) in [6.07, 6.45) is 0. The molecule has 2 saturated heterocycles. The fourth-order valence-electron chi connectivity index (χ4n) is 7.32. The highest BCUT2D eigenvalue weighted by Gasteiger charge is 2.73. The summed E-state index contributed by atoms with van der Waals surface area (Å²) in [5.74, 6) is -11.5. The molecule has 7 rings (SSSR count). The highest BCUT2D eigenvalue weighted by Crippen LogP contribution is 2.63. The molecule has 2 aliphatic heterocycles. The molecule has 214 valence electrons. The maximum Gasteiger partial charge on any atom is 0.334 e. The number of nitrogens with zero attached hydrogens (tertiary/aromatic N) is 4. The van der Waals surface area contributed by atoms with E-state index in [2.05, 4.69) is 0 Å². The number of anilines is 2. The topological polar surface area (TPSA) is 187 Å². The average Bonchev–Trinajstić information content (AvgIpc) is 3.38. The van der Waals surface area contributed by atoms with Crippen molar-refractivity contribution in [1.82, 2.24) is 0 Å². The predicted octanol–water partition coefficient (Wildman–Crippen LogP) is 2.55. The van der Waals surface area contributed by atoms with Gasteiger partial charge in [0, 0.05) is 29.5 Å². The third-order valence-corrected chi connectivity index (χ3v) is 8.74. The van der Waals surface area contributed by atoms with Crippen LogP contribution in [0.3, 0.4) is 0 Å². The van der Waals surface area contributed by atoms with E-state index in [1.54, 1.807) is 6.92 Å². The van der Waals surface area contributed by atoms with Crippen molar-refractivity contribution < 1.29 is 38.6 Å². The van der Waals surface area contributed by atoms with E-state index in [0.29, 0.717) is 15.4 Å². The fraction of sp³-hybridized carbons (Fsp3) is 0.321. The summed E-state index contributed by atoms with van der Waals surface area (Å²) in [6.45, 7) is 3.08. The monoisotopic (exact) mass is 574 g/mol. The number of nitro benzene ring substituents is 2. The van der Waals surface area contributed by atoms with E-state index in [4.69, 9.17) is 4.74 Å². The zero-order chi connectivity index (χ0) is 30.2. The number of amides is 4. The van der Waals surface area contributed by atoms with Crippen molar-refractivity contribution >= 4 is 52.3 Å². The Bertz CT molecular complexity index is 1580. The third kappa shape index (κ3) is 3.40. The second kappa shape index (κ2) is 9.39. The normalized spacial score (nSPS) is 27.9. The number of hydrogen-bond acceptors (Lipinski definition) is 10. The molecule has 2 aromatic carbocycles. The Morgan fingerprint density at radius 3 is 1.48 bits per heavy atom. The van der Waals surface area contributed by atoms with Gasteiger partial charge in [0.1, 0.15) is 11.4 Å². The first-order valence-electron chi connectivity index (χ1n) is 13.1. The van der Waals surface area contributed by atoms with E-state index in [-0.39, 0.29) is 23.6 Å². The first kappa shape index (κ1) is 26.9. The molecule has 1 saturated carbocycles. The molecular formula is C28H22N4O10. The standard InChI is InChI=1S/C28H22N4O10/c1-3-42-28(37)18-12(2)17-20-22(26(35)29(24(20)33)13-8-4-6-10-15(13)31(38)39)19(18)23-21(17)25(34)30(27(23)36)14-9-5-7-11-16(14)32(40)41/h4-11,17,19-23H,3H2,1-2H3/t17?,19?,20-,21-,22+,23+/m0/s1. The number of carbonyl (C=O) groups is 5. The number of benzene rings is 2. The number of esters is 1. The van der Waals surface area contributed by atoms with Gasteiger partial charge in [0.25, 0.3) is 11.4 Å². The lowest BCUT2D eigenvalue weighted by Crippen LogP contribution is -2.55. The molecule has 0 spiro atoms. The van der Waals surface area contributed by atoms with E-state index in [0.717, 1.165) is 12.1 Å². The number of ether oxygens (including phenoxy) is 1. The van der Waals surface area contributed by atoms with Gasteiger partial charge in [0.2, 0.25) is 23.6 Å². The summed E-state index contributed by atoms with van der Waals surface area (Å²) in [5.41, 5.74) is -1.19. The number of carbonyl (C=O) groups excluding carboxylic acids is 5. The van der Waals surface area contributed by atoms with Crippen molar-refractivity contribution in [3.63, 3.8) is 0 Å². The van der Waals surface area contributed by atoms with Crippen molar-refractivity contribution in [3.05, 3.63) is 79.9 Å². The van der Waals surface area contributed by atoms with Crippen LogP contribution in [-0.4, -0.2) is 46.1 Å². The van der Waals surface area contributed by atoms with Gasteiger partial charge in [-0.15, -0.1) is 0 Å². The van der Waals surface area contributed by atoms with E-state index >= 15 is 0 Å². The minimum atomic E-state index is -1.30. The van der Waals surface area contributed by atoms with Crippen LogP contribution in [0.2, 0.25) is 0 Å². The number of hydrogen-bond donors (Lipinski definition) is 0. The first-order chi connectivity index (χ1) is 20.0. The third-order valence-electron chi connectivity index (χ3n) is 8.74. The second-order valence-corrected chi connectivity index (χ2v) is 10.5. The number of allylic oxidation sites excluding steroid dienone is 1. The Kier molecular flexibility index (Phi) is 6.02. The van der Waals surface area contributed by atoms with Crippen molar-refractivity contribution in [2.75, 3.05) is 16.4 Å². The molecule has 3 aliphatic carbocycles. The second-order valence-electron chi connectivity index (χ2n) is 10.5. The average molecular weight is 575 g/mol. The summed E-state index contributed by atoms with van der Waals surface area (Å²) >= 11 is 0. The molecular weight excluding hydrogens is 552 g/mol. The van der Waals surface area contributed by atoms with Crippen molar-refractivity contribution in [2.45, 2.75) is 13.8 Å². The Morgan fingerprint density at radius 2 is 1.10 bits per heavy atom. The lowest BCUT2D eigenvalue weighted by atomic mass is 9.49. The molecule has 2 aromatic rings. The Morgan fingerprint density at radius 1 is 0.714 bits per heavy atom. The Balaban J connectivity index is 1.53. The Hall–Kier alpha value is -5.27. The SMILES string of the molecule is CCOC(=O)C1=C(C)C2[C@@H]3C(=O)N(c4ccccc4[N+](=O)[O-])C(=O)[C@@H]3C1[C@H]1C(=O)N(c3ccccc3[N+](=O)[O-])C(=O)[C@@H]21. The van der Waals surface area contributed by atoms with Crippen LogP contribution < -0.4 is 9.80 Å². The molecule has 3 fully saturated rings. The largest absolute Gasteiger partial charge is 0.463 e. The van der Waals surface area contributed by atoms with Crippen LogP contribution in [0.1, 0.15) is 13.8 Å². The molecule has 2 bridgehead atoms. The van der Waals surface area contributed by atoms with Crippen LogP contribution >= 0.6 is 0 Å². The van der Waals surface area contributed by atoms with Crippen molar-refractivity contribution in [1.29, 1.82) is 0 Å². The molecule has 14 nitrogen and oxygen atoms in total. The molecule has 0 radical (unpaired) electrons. The van der Waals surface area contributed by atoms with Crippen LogP contribution in [-0.2, 0) is 28.7 Å². The van der Waals surface area contributed by atoms with Crippen LogP contribution in [0.4, 0.5) is 22.7 Å². The van der Waals surface area contributed by atoms with Gasteiger partial charge in [-0.05, 0) is 26.0 Å². The minimum Gasteiger partial charge on any atom is -0.463 e. The molecule has 14 heteroatoms. The smallest absolute Gasteiger partial charge is 0.334 e. The molecule has 2 heterocycles. The van der Waals surface area contributed by atoms with Crippen LogP contribution in [0.25, 0.3) is 0 Å². The van der Waals surface area contributed by atoms with Crippen molar-refractivity contribution in [3.8, 4) is 0 Å². The maximum atomic E-state index is 14.0. The van der Waals surface area contributed by atoms with Crippen molar-refractivity contribution in [2.24, 2.45) is 35.5 Å². The zero-order valence-corrected chi connectivity index (χ0v) is 22.2. The maximum absolute atomic E-state index is 14.0. The van der Waals surface area contributed by atoms with Gasteiger partial charge in [0.15, 0.2) is 0 Å². The quantitative estimate of drug-likeness (QED) is 0.215. The number of para-hydroxylation sites is 4. The first-order valence-corrected chi connectivity index (χ1v) is 13.1. The van der Waals surface area contributed by atoms with E-state index < -0.39 is 86.3 Å². The number of rotatable bonds is 6. The lowest BCUT2D eigenvalue weighted by molar-refractivity contribution is -0.384. The van der Waals surface area contributed by atoms with Gasteiger partial charge in [0.05, 0.1) is 40.1 Å². The summed E-state index contributed by atoms with van der Waals surface area (Å²) < 4.78 is 5.25. The molecule has 5 aliphatic rings. The molecule has 42 heavy (non-hydrogen) atoms. The molecule has 0 aromatic heterocycles. The minimum absolute atomic E-state index is 0.000438. The Labute approximate surface area is 236 Å². The molecule has 4 atom stereocenters. The van der Waals surface area contributed by atoms with E-state index in [1.807, 2.05) is 0 Å². The molecule has 4 amide bonds. The number of nitro groups is 2. The van der Waals surface area contributed by atoms with Gasteiger partial charge in [-0.3, -0.25) is 39.4 Å². The summed E-state index contributed by atoms with van der Waals surface area (Å²) in [7, 11) is 0. The number of imide groups is 2. The van der Waals surface area contributed by atoms with Crippen LogP contribution in [0, 0.1) is 55.7 Å². The lowest BCUT2D eigenvalue weighted by Gasteiger charge is -2.49. The van der Waals surface area contributed by atoms with E-state index in [1.165, 1.54) is 43.3 Å². The van der Waals surface area contributed by atoms with Gasteiger partial charge in [-0.1, -0.05) is 29.8 Å². The molecule has 0 N–H and O–H groups in total. The van der Waals surface area contributed by atoms with Gasteiger partial charge in [-0.25, -0.2) is 14.6 Å². The predicted molar refractivity (Wildman–Crippen MR) is 141 cm³/mol. The summed E-state index contributed by atoms with van der Waals surface area (Å²) in [6, 6.07) is 10.4. The highest BCUT2D eigenvalue weighted by atomic mass is 16.6. The van der Waals surface area contributed by atoms with E-state index in [9.17, 15) is 44.2 Å². The molecule has 0 unspecified atom stereocenters. The van der Waals surface area contributed by atoms with Crippen LogP contribution in [0.15, 0.2) is 59.7 Å². The van der Waals surface area contributed by atoms with Crippen LogP contribution in [0.5, 0.6) is 0 Å². The van der Waals surface area contributed by atoms with Gasteiger partial charge < -0.3 is 4.74 Å². The fourth-order valence-corrected chi connectivity index (χ4v) is 7.32.